The third kappa shape index (κ3) is 3.57. The van der Waals surface area contributed by atoms with Crippen LogP contribution in [0.2, 0.25) is 5.02 Å². The van der Waals surface area contributed by atoms with Gasteiger partial charge in [0, 0.05) is 32.5 Å². The monoisotopic (exact) mass is 406 g/mol. The highest BCUT2D eigenvalue weighted by molar-refractivity contribution is 14.1. The van der Waals surface area contributed by atoms with Crippen LogP contribution in [0.1, 0.15) is 5.56 Å². The summed E-state index contributed by atoms with van der Waals surface area (Å²) < 4.78 is 13.7. The minimum Gasteiger partial charge on any atom is -0.380 e. The SMILES string of the molecule is O=[N+]([O-])c1cc(Cl)ccc1CNc1ccc(F)cc1I. The molecule has 0 unspecified atom stereocenters. The van der Waals surface area contributed by atoms with Crippen molar-refractivity contribution in [3.05, 3.63) is 66.5 Å². The van der Waals surface area contributed by atoms with Crippen LogP contribution in [0.4, 0.5) is 15.8 Å². The van der Waals surface area contributed by atoms with Gasteiger partial charge < -0.3 is 5.32 Å². The van der Waals surface area contributed by atoms with Crippen LogP contribution >= 0.6 is 34.2 Å². The van der Waals surface area contributed by atoms with Gasteiger partial charge in [0.2, 0.25) is 0 Å². The number of nitrogens with zero attached hydrogens (tertiary/aromatic N) is 1. The number of hydrogen-bond donors (Lipinski definition) is 1. The Balaban J connectivity index is 2.20. The zero-order chi connectivity index (χ0) is 14.7. The lowest BCUT2D eigenvalue weighted by atomic mass is 10.1. The van der Waals surface area contributed by atoms with Crippen molar-refractivity contribution in [3.63, 3.8) is 0 Å². The Morgan fingerprint density at radius 3 is 2.70 bits per heavy atom. The van der Waals surface area contributed by atoms with Gasteiger partial charge in [0.25, 0.3) is 5.69 Å². The van der Waals surface area contributed by atoms with Gasteiger partial charge in [-0.1, -0.05) is 11.6 Å². The maximum Gasteiger partial charge on any atom is 0.275 e. The van der Waals surface area contributed by atoms with Crippen molar-refractivity contribution in [2.24, 2.45) is 0 Å². The molecular formula is C13H9ClFIN2O2. The Morgan fingerprint density at radius 1 is 1.30 bits per heavy atom. The second-order valence-corrected chi connectivity index (χ2v) is 5.61. The van der Waals surface area contributed by atoms with Crippen LogP contribution < -0.4 is 5.32 Å². The predicted molar refractivity (Wildman–Crippen MR) is 84.6 cm³/mol. The molecule has 0 bridgehead atoms. The molecule has 20 heavy (non-hydrogen) atoms. The average molecular weight is 407 g/mol. The molecule has 0 aliphatic heterocycles. The number of anilines is 1. The number of nitrogens with one attached hydrogen (secondary N) is 1. The number of hydrogen-bond acceptors (Lipinski definition) is 3. The highest BCUT2D eigenvalue weighted by atomic mass is 127. The minimum atomic E-state index is -0.474. The summed E-state index contributed by atoms with van der Waals surface area (Å²) in [6.45, 7) is 0.259. The van der Waals surface area contributed by atoms with Crippen LogP contribution in [0.3, 0.4) is 0 Å². The van der Waals surface area contributed by atoms with Crippen molar-refractivity contribution in [2.75, 3.05) is 5.32 Å². The number of nitro benzene ring substituents is 1. The molecule has 0 heterocycles. The van der Waals surface area contributed by atoms with E-state index >= 15 is 0 Å². The molecule has 2 aromatic rings. The van der Waals surface area contributed by atoms with Crippen molar-refractivity contribution < 1.29 is 9.31 Å². The van der Waals surface area contributed by atoms with Crippen molar-refractivity contribution in [1.29, 1.82) is 0 Å². The highest BCUT2D eigenvalue weighted by Gasteiger charge is 2.14. The summed E-state index contributed by atoms with van der Waals surface area (Å²) in [4.78, 5) is 10.5. The van der Waals surface area contributed by atoms with Gasteiger partial charge in [-0.2, -0.15) is 0 Å². The zero-order valence-electron chi connectivity index (χ0n) is 10.1. The highest BCUT2D eigenvalue weighted by Crippen LogP contribution is 2.25. The summed E-state index contributed by atoms with van der Waals surface area (Å²) >= 11 is 7.75. The molecule has 0 amide bonds. The van der Waals surface area contributed by atoms with E-state index in [1.54, 1.807) is 18.2 Å². The normalized spacial score (nSPS) is 10.3. The van der Waals surface area contributed by atoms with E-state index in [-0.39, 0.29) is 18.0 Å². The minimum absolute atomic E-state index is 0.0397. The van der Waals surface area contributed by atoms with Gasteiger partial charge in [0.15, 0.2) is 0 Å². The Morgan fingerprint density at radius 2 is 2.05 bits per heavy atom. The Bertz CT molecular complexity index is 667. The lowest BCUT2D eigenvalue weighted by Crippen LogP contribution is -2.04. The first-order chi connectivity index (χ1) is 9.47. The van der Waals surface area contributed by atoms with Gasteiger partial charge in [-0.15, -0.1) is 0 Å². The topological polar surface area (TPSA) is 55.2 Å². The first-order valence-corrected chi connectivity index (χ1v) is 7.05. The average Bonchev–Trinajstić information content (AvgIpc) is 2.38. The van der Waals surface area contributed by atoms with E-state index in [9.17, 15) is 14.5 Å². The number of nitro groups is 1. The lowest BCUT2D eigenvalue weighted by Gasteiger charge is -2.09. The molecule has 4 nitrogen and oxygen atoms in total. The lowest BCUT2D eigenvalue weighted by molar-refractivity contribution is -0.385. The zero-order valence-corrected chi connectivity index (χ0v) is 13.0. The van der Waals surface area contributed by atoms with Gasteiger partial charge in [-0.05, 0) is 52.9 Å². The molecule has 0 aliphatic rings. The van der Waals surface area contributed by atoms with Crippen LogP contribution in [0.5, 0.6) is 0 Å². The van der Waals surface area contributed by atoms with Gasteiger partial charge in [0.05, 0.1) is 4.92 Å². The summed E-state index contributed by atoms with van der Waals surface area (Å²) in [6, 6.07) is 8.83. The second-order valence-electron chi connectivity index (χ2n) is 4.01. The number of halogens is 3. The molecule has 0 spiro atoms. The first kappa shape index (κ1) is 15.0. The molecule has 0 atom stereocenters. The molecular weight excluding hydrogens is 398 g/mol. The Hall–Kier alpha value is -1.41. The van der Waals surface area contributed by atoms with E-state index in [4.69, 9.17) is 11.6 Å². The summed E-state index contributed by atoms with van der Waals surface area (Å²) in [5, 5.41) is 14.3. The standard InChI is InChI=1S/C13H9ClFIN2O2/c14-9-2-1-8(13(5-9)18(19)20)7-17-12-4-3-10(15)6-11(12)16/h1-6,17H,7H2. The smallest absolute Gasteiger partial charge is 0.275 e. The van der Waals surface area contributed by atoms with E-state index in [0.717, 1.165) is 5.69 Å². The quantitative estimate of drug-likeness (QED) is 0.458. The van der Waals surface area contributed by atoms with Gasteiger partial charge in [-0.3, -0.25) is 10.1 Å². The molecule has 2 rings (SSSR count). The van der Waals surface area contributed by atoms with E-state index in [1.807, 2.05) is 22.6 Å². The molecule has 1 N–H and O–H groups in total. The van der Waals surface area contributed by atoms with E-state index in [1.165, 1.54) is 18.2 Å². The molecule has 0 aromatic heterocycles. The van der Waals surface area contributed by atoms with Crippen LogP contribution in [-0.4, -0.2) is 4.92 Å². The van der Waals surface area contributed by atoms with E-state index < -0.39 is 4.92 Å². The maximum absolute atomic E-state index is 13.0. The first-order valence-electron chi connectivity index (χ1n) is 5.59. The Labute approximate surface area is 133 Å². The van der Waals surface area contributed by atoms with Crippen LogP contribution in [0, 0.1) is 19.5 Å². The molecule has 0 radical (unpaired) electrons. The predicted octanol–water partition coefficient (Wildman–Crippen LogP) is 4.60. The summed E-state index contributed by atoms with van der Waals surface area (Å²) in [7, 11) is 0. The van der Waals surface area contributed by atoms with Crippen molar-refractivity contribution in [1.82, 2.24) is 0 Å². The van der Waals surface area contributed by atoms with Crippen LogP contribution in [-0.2, 0) is 6.54 Å². The molecule has 0 fully saturated rings. The van der Waals surface area contributed by atoms with Crippen LogP contribution in [0.15, 0.2) is 36.4 Å². The third-order valence-electron chi connectivity index (χ3n) is 2.64. The van der Waals surface area contributed by atoms with Gasteiger partial charge in [-0.25, -0.2) is 4.39 Å². The summed E-state index contributed by atoms with van der Waals surface area (Å²) in [6.07, 6.45) is 0. The fourth-order valence-corrected chi connectivity index (χ4v) is 2.51. The third-order valence-corrected chi connectivity index (χ3v) is 3.77. The largest absolute Gasteiger partial charge is 0.380 e. The van der Waals surface area contributed by atoms with Crippen LogP contribution in [0.25, 0.3) is 0 Å². The van der Waals surface area contributed by atoms with Crippen molar-refractivity contribution in [3.8, 4) is 0 Å². The van der Waals surface area contributed by atoms with Crippen molar-refractivity contribution >= 4 is 45.6 Å². The molecule has 7 heteroatoms. The van der Waals surface area contributed by atoms with Crippen molar-refractivity contribution in [2.45, 2.75) is 6.54 Å². The fourth-order valence-electron chi connectivity index (χ4n) is 1.68. The Kier molecular flexibility index (Phi) is 4.77. The molecule has 104 valence electrons. The van der Waals surface area contributed by atoms with Gasteiger partial charge >= 0.3 is 0 Å². The molecule has 0 aliphatic carbocycles. The van der Waals surface area contributed by atoms with E-state index in [2.05, 4.69) is 5.32 Å². The fraction of sp³-hybridized carbons (Fsp3) is 0.0769. The maximum atomic E-state index is 13.0. The summed E-state index contributed by atoms with van der Waals surface area (Å²) in [5.41, 5.74) is 1.19. The van der Waals surface area contributed by atoms with E-state index in [0.29, 0.717) is 14.2 Å². The number of benzene rings is 2. The second kappa shape index (κ2) is 6.36. The molecule has 0 saturated carbocycles. The van der Waals surface area contributed by atoms with Gasteiger partial charge in [0.1, 0.15) is 5.82 Å². The molecule has 0 saturated heterocycles. The summed E-state index contributed by atoms with van der Waals surface area (Å²) in [5.74, 6) is -0.322. The number of rotatable bonds is 4. The molecule has 2 aromatic carbocycles.